The average Bonchev–Trinajstić information content (AvgIpc) is 2.85. The van der Waals surface area contributed by atoms with Gasteiger partial charge in [-0.15, -0.1) is 11.3 Å². The van der Waals surface area contributed by atoms with Gasteiger partial charge in [0.15, 0.2) is 5.78 Å². The number of carbonyl (C=O) groups excluding carboxylic acids is 2. The number of aryl methyl sites for hydroxylation is 1. The van der Waals surface area contributed by atoms with Gasteiger partial charge in [0, 0.05) is 23.8 Å². The van der Waals surface area contributed by atoms with E-state index in [4.69, 9.17) is 0 Å². The third-order valence-electron chi connectivity index (χ3n) is 3.98. The van der Waals surface area contributed by atoms with Gasteiger partial charge < -0.3 is 5.32 Å². The highest BCUT2D eigenvalue weighted by molar-refractivity contribution is 7.14. The van der Waals surface area contributed by atoms with Crippen LogP contribution in [0.4, 0.5) is 0 Å². The third-order valence-corrected chi connectivity index (χ3v) is 5.02. The predicted octanol–water partition coefficient (Wildman–Crippen LogP) is 3.71. The first-order valence-corrected chi connectivity index (χ1v) is 8.25. The van der Waals surface area contributed by atoms with Gasteiger partial charge in [0.2, 0.25) is 5.91 Å². The summed E-state index contributed by atoms with van der Waals surface area (Å²) in [6.45, 7) is 4.25. The van der Waals surface area contributed by atoms with Gasteiger partial charge in [-0.25, -0.2) is 0 Å². The summed E-state index contributed by atoms with van der Waals surface area (Å²) in [4.78, 5) is 25.7. The minimum atomic E-state index is 0.0196. The molecule has 1 heterocycles. The Kier molecular flexibility index (Phi) is 5.35. The van der Waals surface area contributed by atoms with Crippen LogP contribution in [0.1, 0.15) is 60.0 Å². The van der Waals surface area contributed by atoms with Crippen LogP contribution < -0.4 is 5.32 Å². The smallest absolute Gasteiger partial charge is 0.220 e. The van der Waals surface area contributed by atoms with Gasteiger partial charge in [0.25, 0.3) is 0 Å². The maximum absolute atomic E-state index is 11.9. The molecule has 1 aliphatic rings. The van der Waals surface area contributed by atoms with Crippen LogP contribution in [0.3, 0.4) is 0 Å². The molecular formula is C16H23NO2S. The molecule has 20 heavy (non-hydrogen) atoms. The molecule has 3 nitrogen and oxygen atoms in total. The topological polar surface area (TPSA) is 46.2 Å². The monoisotopic (exact) mass is 293 g/mol. The molecule has 1 aromatic rings. The van der Waals surface area contributed by atoms with Crippen molar-refractivity contribution in [3.05, 3.63) is 21.9 Å². The molecule has 1 fully saturated rings. The van der Waals surface area contributed by atoms with Crippen LogP contribution in [0.15, 0.2) is 12.1 Å². The maximum atomic E-state index is 11.9. The Morgan fingerprint density at radius 3 is 2.50 bits per heavy atom. The van der Waals surface area contributed by atoms with Crippen molar-refractivity contribution in [3.8, 4) is 0 Å². The van der Waals surface area contributed by atoms with Gasteiger partial charge in [-0.3, -0.25) is 9.59 Å². The number of thiophene rings is 1. The van der Waals surface area contributed by atoms with Crippen molar-refractivity contribution < 1.29 is 9.59 Å². The Hall–Kier alpha value is -1.16. The average molecular weight is 293 g/mol. The number of amides is 1. The molecule has 0 saturated heterocycles. The van der Waals surface area contributed by atoms with E-state index in [-0.39, 0.29) is 11.7 Å². The van der Waals surface area contributed by atoms with Crippen LogP contribution in [0, 0.1) is 12.8 Å². The van der Waals surface area contributed by atoms with Gasteiger partial charge >= 0.3 is 0 Å². The molecule has 1 amide bonds. The minimum absolute atomic E-state index is 0.0196. The fraction of sp³-hybridized carbons (Fsp3) is 0.625. The molecule has 1 N–H and O–H groups in total. The third kappa shape index (κ3) is 4.44. The van der Waals surface area contributed by atoms with Crippen LogP contribution in [0.2, 0.25) is 0 Å². The van der Waals surface area contributed by atoms with E-state index in [0.29, 0.717) is 18.9 Å². The molecule has 4 heteroatoms. The molecule has 0 bridgehead atoms. The summed E-state index contributed by atoms with van der Waals surface area (Å²) in [6, 6.07) is 4.11. The summed E-state index contributed by atoms with van der Waals surface area (Å²) in [5, 5.41) is 3.06. The lowest BCUT2D eigenvalue weighted by atomic mass is 9.87. The Bertz CT molecular complexity index is 473. The zero-order valence-corrected chi connectivity index (χ0v) is 13.1. The van der Waals surface area contributed by atoms with E-state index in [1.807, 2.05) is 19.1 Å². The zero-order valence-electron chi connectivity index (χ0n) is 12.3. The fourth-order valence-electron chi connectivity index (χ4n) is 2.64. The summed E-state index contributed by atoms with van der Waals surface area (Å²) in [5.41, 5.74) is 0. The van der Waals surface area contributed by atoms with E-state index < -0.39 is 0 Å². The molecule has 0 aliphatic heterocycles. The number of hydrogen-bond acceptors (Lipinski definition) is 3. The van der Waals surface area contributed by atoms with Crippen molar-refractivity contribution in [1.29, 1.82) is 0 Å². The quantitative estimate of drug-likeness (QED) is 0.841. The number of Topliss-reactive ketones (excluding diaryl/α,β-unsaturated/α-hetero) is 1. The highest BCUT2D eigenvalue weighted by Gasteiger charge is 2.20. The molecule has 2 rings (SSSR count). The van der Waals surface area contributed by atoms with E-state index in [2.05, 4.69) is 12.2 Å². The highest BCUT2D eigenvalue weighted by Crippen LogP contribution is 2.23. The van der Waals surface area contributed by atoms with Crippen molar-refractivity contribution >= 4 is 23.0 Å². The molecule has 1 saturated carbocycles. The Morgan fingerprint density at radius 1 is 1.20 bits per heavy atom. The normalized spacial score (nSPS) is 22.5. The molecular weight excluding hydrogens is 270 g/mol. The second-order valence-electron chi connectivity index (χ2n) is 5.86. The largest absolute Gasteiger partial charge is 0.353 e. The summed E-state index contributed by atoms with van der Waals surface area (Å²) in [7, 11) is 0. The first kappa shape index (κ1) is 15.2. The second kappa shape index (κ2) is 7.02. The SMILES string of the molecule is Cc1ccc(C(=O)CCC(=O)NC2CCC(C)CC2)s1. The summed E-state index contributed by atoms with van der Waals surface area (Å²) < 4.78 is 0. The molecule has 1 aliphatic carbocycles. The van der Waals surface area contributed by atoms with Crippen molar-refractivity contribution in [2.45, 2.75) is 58.4 Å². The molecule has 0 atom stereocenters. The lowest BCUT2D eigenvalue weighted by Crippen LogP contribution is -2.37. The fourth-order valence-corrected chi connectivity index (χ4v) is 3.47. The van der Waals surface area contributed by atoms with Crippen molar-refractivity contribution in [2.75, 3.05) is 0 Å². The van der Waals surface area contributed by atoms with E-state index in [0.717, 1.165) is 28.5 Å². The van der Waals surface area contributed by atoms with Gasteiger partial charge in [0.05, 0.1) is 4.88 Å². The van der Waals surface area contributed by atoms with Crippen LogP contribution in [-0.4, -0.2) is 17.7 Å². The van der Waals surface area contributed by atoms with Crippen LogP contribution in [0.25, 0.3) is 0 Å². The second-order valence-corrected chi connectivity index (χ2v) is 7.15. The highest BCUT2D eigenvalue weighted by atomic mass is 32.1. The Labute approximate surface area is 124 Å². The van der Waals surface area contributed by atoms with Crippen molar-refractivity contribution in [3.63, 3.8) is 0 Å². The number of nitrogens with one attached hydrogen (secondary N) is 1. The van der Waals surface area contributed by atoms with E-state index in [1.54, 1.807) is 0 Å². The van der Waals surface area contributed by atoms with Gasteiger partial charge in [-0.05, 0) is 50.7 Å². The van der Waals surface area contributed by atoms with E-state index in [1.165, 1.54) is 24.2 Å². The summed E-state index contributed by atoms with van der Waals surface area (Å²) in [6.07, 6.45) is 5.16. The van der Waals surface area contributed by atoms with Crippen LogP contribution in [0.5, 0.6) is 0 Å². The Balaban J connectivity index is 1.71. The molecule has 0 radical (unpaired) electrons. The maximum Gasteiger partial charge on any atom is 0.220 e. The number of carbonyl (C=O) groups is 2. The van der Waals surface area contributed by atoms with Gasteiger partial charge in [-0.2, -0.15) is 0 Å². The van der Waals surface area contributed by atoms with Crippen LogP contribution in [-0.2, 0) is 4.79 Å². The van der Waals surface area contributed by atoms with Crippen molar-refractivity contribution in [2.24, 2.45) is 5.92 Å². The summed E-state index contributed by atoms with van der Waals surface area (Å²) in [5.74, 6) is 0.883. The van der Waals surface area contributed by atoms with Gasteiger partial charge in [-0.1, -0.05) is 6.92 Å². The van der Waals surface area contributed by atoms with Gasteiger partial charge in [0.1, 0.15) is 0 Å². The number of ketones is 1. The molecule has 1 aromatic heterocycles. The first-order chi connectivity index (χ1) is 9.54. The predicted molar refractivity (Wildman–Crippen MR) is 82.2 cm³/mol. The Morgan fingerprint density at radius 2 is 1.90 bits per heavy atom. The standard InChI is InChI=1S/C16H23NO2S/c1-11-3-6-13(7-4-11)17-16(19)10-8-14(18)15-9-5-12(2)20-15/h5,9,11,13H,3-4,6-8,10H2,1-2H3,(H,17,19). The van der Waals surface area contributed by atoms with E-state index >= 15 is 0 Å². The lowest BCUT2D eigenvalue weighted by molar-refractivity contribution is -0.122. The summed E-state index contributed by atoms with van der Waals surface area (Å²) >= 11 is 1.50. The lowest BCUT2D eigenvalue weighted by Gasteiger charge is -2.26. The minimum Gasteiger partial charge on any atom is -0.353 e. The molecule has 110 valence electrons. The number of hydrogen-bond donors (Lipinski definition) is 1. The molecule has 0 aromatic carbocycles. The van der Waals surface area contributed by atoms with Crippen molar-refractivity contribution in [1.82, 2.24) is 5.32 Å². The zero-order chi connectivity index (χ0) is 14.5. The van der Waals surface area contributed by atoms with Crippen LogP contribution >= 0.6 is 11.3 Å². The molecule has 0 unspecified atom stereocenters. The van der Waals surface area contributed by atoms with E-state index in [9.17, 15) is 9.59 Å². The number of rotatable bonds is 5. The first-order valence-electron chi connectivity index (χ1n) is 7.43. The molecule has 0 spiro atoms.